The Balaban J connectivity index is 2.04. The van der Waals surface area contributed by atoms with Crippen LogP contribution >= 0.6 is 15.9 Å². The molecule has 108 valence electrons. The Morgan fingerprint density at radius 2 is 2.05 bits per heavy atom. The SMILES string of the molecule is CC(C)(C)NCc1ccn(Cc2cc(F)ccc2Br)n1. The lowest BCUT2D eigenvalue weighted by atomic mass is 10.1. The molecule has 0 saturated carbocycles. The normalized spacial score (nSPS) is 11.8. The zero-order valence-electron chi connectivity index (χ0n) is 12.0. The van der Waals surface area contributed by atoms with Gasteiger partial charge in [-0.25, -0.2) is 4.39 Å². The van der Waals surface area contributed by atoms with Gasteiger partial charge in [0.1, 0.15) is 5.82 Å². The second kappa shape index (κ2) is 6.06. The maximum Gasteiger partial charge on any atom is 0.123 e. The minimum atomic E-state index is -0.232. The summed E-state index contributed by atoms with van der Waals surface area (Å²) in [5, 5.41) is 7.88. The lowest BCUT2D eigenvalue weighted by Gasteiger charge is -2.19. The average Bonchev–Trinajstić information content (AvgIpc) is 2.78. The summed E-state index contributed by atoms with van der Waals surface area (Å²) in [5.74, 6) is -0.232. The smallest absolute Gasteiger partial charge is 0.123 e. The molecule has 0 radical (unpaired) electrons. The molecule has 1 aromatic carbocycles. The number of benzene rings is 1. The third-order valence-corrected chi connectivity index (χ3v) is 3.61. The zero-order chi connectivity index (χ0) is 14.8. The standard InChI is InChI=1S/C15H19BrFN3/c1-15(2,3)18-9-13-6-7-20(19-13)10-11-8-12(17)4-5-14(11)16/h4-8,18H,9-10H2,1-3H3. The topological polar surface area (TPSA) is 29.9 Å². The van der Waals surface area contributed by atoms with Crippen LogP contribution in [-0.2, 0) is 13.1 Å². The predicted molar refractivity (Wildman–Crippen MR) is 82.0 cm³/mol. The first-order chi connectivity index (χ1) is 9.33. The molecule has 3 nitrogen and oxygen atoms in total. The maximum atomic E-state index is 13.2. The number of hydrogen-bond acceptors (Lipinski definition) is 2. The van der Waals surface area contributed by atoms with Gasteiger partial charge in [0.25, 0.3) is 0 Å². The molecule has 0 spiro atoms. The van der Waals surface area contributed by atoms with Crippen LogP contribution < -0.4 is 5.32 Å². The van der Waals surface area contributed by atoms with Gasteiger partial charge in [0.15, 0.2) is 0 Å². The van der Waals surface area contributed by atoms with Gasteiger partial charge in [0.2, 0.25) is 0 Å². The van der Waals surface area contributed by atoms with Crippen molar-refractivity contribution in [3.8, 4) is 0 Å². The molecule has 1 N–H and O–H groups in total. The molecule has 0 aliphatic rings. The highest BCUT2D eigenvalue weighted by atomic mass is 79.9. The van der Waals surface area contributed by atoms with Gasteiger partial charge in [0, 0.05) is 22.8 Å². The molecule has 0 unspecified atom stereocenters. The molecule has 0 saturated heterocycles. The van der Waals surface area contributed by atoms with Crippen molar-refractivity contribution in [3.05, 3.63) is 52.0 Å². The molecule has 0 amide bonds. The number of halogens is 2. The number of hydrogen-bond donors (Lipinski definition) is 1. The minimum Gasteiger partial charge on any atom is -0.306 e. The molecular weight excluding hydrogens is 321 g/mol. The van der Waals surface area contributed by atoms with Crippen LogP contribution in [0.3, 0.4) is 0 Å². The quantitative estimate of drug-likeness (QED) is 0.919. The van der Waals surface area contributed by atoms with Crippen LogP contribution in [0.25, 0.3) is 0 Å². The number of aromatic nitrogens is 2. The van der Waals surface area contributed by atoms with E-state index in [9.17, 15) is 4.39 Å². The fourth-order valence-electron chi connectivity index (χ4n) is 1.78. The lowest BCUT2D eigenvalue weighted by Crippen LogP contribution is -2.35. The van der Waals surface area contributed by atoms with E-state index in [1.54, 1.807) is 6.07 Å². The number of nitrogens with zero attached hydrogens (tertiary/aromatic N) is 2. The minimum absolute atomic E-state index is 0.0648. The summed E-state index contributed by atoms with van der Waals surface area (Å²) in [6.07, 6.45) is 1.91. The molecule has 1 heterocycles. The van der Waals surface area contributed by atoms with Crippen molar-refractivity contribution < 1.29 is 4.39 Å². The van der Waals surface area contributed by atoms with E-state index in [4.69, 9.17) is 0 Å². The summed E-state index contributed by atoms with van der Waals surface area (Å²) in [4.78, 5) is 0. The number of nitrogens with one attached hydrogen (secondary N) is 1. The first kappa shape index (κ1) is 15.2. The maximum absolute atomic E-state index is 13.2. The van der Waals surface area contributed by atoms with Crippen molar-refractivity contribution >= 4 is 15.9 Å². The van der Waals surface area contributed by atoms with Crippen LogP contribution in [0.5, 0.6) is 0 Å². The summed E-state index contributed by atoms with van der Waals surface area (Å²) in [6, 6.07) is 6.66. The molecule has 0 aliphatic carbocycles. The van der Waals surface area contributed by atoms with Crippen molar-refractivity contribution in [1.29, 1.82) is 0 Å². The van der Waals surface area contributed by atoms with Crippen molar-refractivity contribution in [2.75, 3.05) is 0 Å². The van der Waals surface area contributed by atoms with Gasteiger partial charge < -0.3 is 5.32 Å². The third kappa shape index (κ3) is 4.42. The van der Waals surface area contributed by atoms with Crippen molar-refractivity contribution in [2.45, 2.75) is 39.4 Å². The molecule has 0 bridgehead atoms. The molecule has 0 aliphatic heterocycles. The molecule has 1 aromatic heterocycles. The first-order valence-corrected chi connectivity index (χ1v) is 7.34. The van der Waals surface area contributed by atoms with Gasteiger partial charge in [0.05, 0.1) is 12.2 Å². The van der Waals surface area contributed by atoms with Gasteiger partial charge in [-0.15, -0.1) is 0 Å². The third-order valence-electron chi connectivity index (χ3n) is 2.84. The van der Waals surface area contributed by atoms with Gasteiger partial charge in [-0.3, -0.25) is 4.68 Å². The monoisotopic (exact) mass is 339 g/mol. The Kier molecular flexibility index (Phi) is 4.60. The van der Waals surface area contributed by atoms with Crippen LogP contribution in [0.1, 0.15) is 32.0 Å². The molecule has 0 atom stereocenters. The highest BCUT2D eigenvalue weighted by Crippen LogP contribution is 2.18. The Labute approximate surface area is 127 Å². The van der Waals surface area contributed by atoms with E-state index >= 15 is 0 Å². The van der Waals surface area contributed by atoms with E-state index in [0.29, 0.717) is 6.54 Å². The van der Waals surface area contributed by atoms with Crippen molar-refractivity contribution in [3.63, 3.8) is 0 Å². The molecule has 20 heavy (non-hydrogen) atoms. The Morgan fingerprint density at radius 3 is 2.75 bits per heavy atom. The van der Waals surface area contributed by atoms with E-state index in [1.807, 2.05) is 16.9 Å². The van der Waals surface area contributed by atoms with Crippen LogP contribution in [0, 0.1) is 5.82 Å². The largest absolute Gasteiger partial charge is 0.306 e. The number of rotatable bonds is 4. The summed E-state index contributed by atoms with van der Waals surface area (Å²) >= 11 is 3.43. The van der Waals surface area contributed by atoms with Crippen molar-refractivity contribution in [2.24, 2.45) is 0 Å². The molecule has 2 rings (SSSR count). The Hall–Kier alpha value is -1.20. The molecule has 5 heteroatoms. The van der Waals surface area contributed by atoms with E-state index in [0.717, 1.165) is 22.3 Å². The predicted octanol–water partition coefficient (Wildman–Crippen LogP) is 3.72. The van der Waals surface area contributed by atoms with Crippen LogP contribution in [0.4, 0.5) is 4.39 Å². The van der Waals surface area contributed by atoms with Gasteiger partial charge in [-0.2, -0.15) is 5.10 Å². The van der Waals surface area contributed by atoms with E-state index in [1.165, 1.54) is 12.1 Å². The summed E-state index contributed by atoms with van der Waals surface area (Å²) in [7, 11) is 0. The molecule has 2 aromatic rings. The average molecular weight is 340 g/mol. The highest BCUT2D eigenvalue weighted by Gasteiger charge is 2.10. The fourth-order valence-corrected chi connectivity index (χ4v) is 2.15. The van der Waals surface area contributed by atoms with Crippen LogP contribution in [0.2, 0.25) is 0 Å². The fraction of sp³-hybridized carbons (Fsp3) is 0.400. The van der Waals surface area contributed by atoms with E-state index in [2.05, 4.69) is 47.1 Å². The first-order valence-electron chi connectivity index (χ1n) is 6.55. The summed E-state index contributed by atoms with van der Waals surface area (Å²) in [6.45, 7) is 7.63. The molecular formula is C15H19BrFN3. The Bertz CT molecular complexity index is 587. The van der Waals surface area contributed by atoms with Gasteiger partial charge in [-0.1, -0.05) is 15.9 Å². The summed E-state index contributed by atoms with van der Waals surface area (Å²) < 4.78 is 16.0. The summed E-state index contributed by atoms with van der Waals surface area (Å²) in [5.41, 5.74) is 1.92. The Morgan fingerprint density at radius 1 is 1.30 bits per heavy atom. The second-order valence-electron chi connectivity index (χ2n) is 5.84. The van der Waals surface area contributed by atoms with E-state index < -0.39 is 0 Å². The zero-order valence-corrected chi connectivity index (χ0v) is 13.5. The van der Waals surface area contributed by atoms with E-state index in [-0.39, 0.29) is 11.4 Å². The molecule has 0 fully saturated rings. The van der Waals surface area contributed by atoms with Gasteiger partial charge >= 0.3 is 0 Å². The highest BCUT2D eigenvalue weighted by molar-refractivity contribution is 9.10. The lowest BCUT2D eigenvalue weighted by molar-refractivity contribution is 0.419. The second-order valence-corrected chi connectivity index (χ2v) is 6.70. The van der Waals surface area contributed by atoms with Crippen LogP contribution in [-0.4, -0.2) is 15.3 Å². The van der Waals surface area contributed by atoms with Gasteiger partial charge in [-0.05, 0) is 50.6 Å². The van der Waals surface area contributed by atoms with Crippen molar-refractivity contribution in [1.82, 2.24) is 15.1 Å². The van der Waals surface area contributed by atoms with Crippen LogP contribution in [0.15, 0.2) is 34.9 Å².